The first-order valence-electron chi connectivity index (χ1n) is 37.2. The SMILES string of the molecule is CCCCCCCCCC/C=C\CCCCCCCCCCCCCCCCCCCC(=O)NC(COC1OC(CO)C(O)C(O)C1O)C(O)/C=C/CC/C=C/CCCCCCCCCCCCCCCCCCCCCCCCCCCC. The average Bonchev–Trinajstić information content (AvgIpc) is 3.69. The van der Waals surface area contributed by atoms with Gasteiger partial charge in [0.25, 0.3) is 0 Å². The van der Waals surface area contributed by atoms with Gasteiger partial charge in [0.15, 0.2) is 6.29 Å². The van der Waals surface area contributed by atoms with E-state index in [4.69, 9.17) is 9.47 Å². The van der Waals surface area contributed by atoms with Crippen LogP contribution in [0.5, 0.6) is 0 Å². The number of nitrogens with one attached hydrogen (secondary N) is 1. The molecule has 9 nitrogen and oxygen atoms in total. The van der Waals surface area contributed by atoms with Gasteiger partial charge in [-0.3, -0.25) is 4.79 Å². The van der Waals surface area contributed by atoms with Crippen LogP contribution in [0.4, 0.5) is 0 Å². The molecule has 0 bridgehead atoms. The summed E-state index contributed by atoms with van der Waals surface area (Å²) >= 11 is 0. The summed E-state index contributed by atoms with van der Waals surface area (Å²) in [7, 11) is 0. The van der Waals surface area contributed by atoms with E-state index < -0.39 is 49.5 Å². The van der Waals surface area contributed by atoms with Gasteiger partial charge in [0.2, 0.25) is 5.91 Å². The van der Waals surface area contributed by atoms with E-state index in [1.165, 1.54) is 321 Å². The molecule has 1 aliphatic heterocycles. The third-order valence-corrected chi connectivity index (χ3v) is 17.9. The number of ether oxygens (including phenoxy) is 2. The van der Waals surface area contributed by atoms with Crippen molar-refractivity contribution in [1.82, 2.24) is 5.32 Å². The molecule has 1 heterocycles. The molecule has 0 aromatic heterocycles. The molecule has 84 heavy (non-hydrogen) atoms. The Bertz CT molecular complexity index is 1420. The van der Waals surface area contributed by atoms with Crippen LogP contribution in [0.2, 0.25) is 0 Å². The lowest BCUT2D eigenvalue weighted by molar-refractivity contribution is -0.302. The van der Waals surface area contributed by atoms with E-state index in [1.807, 2.05) is 6.08 Å². The van der Waals surface area contributed by atoms with E-state index in [-0.39, 0.29) is 12.5 Å². The highest BCUT2D eigenvalue weighted by Gasteiger charge is 2.44. The van der Waals surface area contributed by atoms with E-state index in [0.29, 0.717) is 6.42 Å². The molecule has 9 heteroatoms. The van der Waals surface area contributed by atoms with Gasteiger partial charge in [0.05, 0.1) is 25.4 Å². The molecule has 7 unspecified atom stereocenters. The number of rotatable bonds is 66. The molecule has 1 saturated heterocycles. The molecule has 1 rings (SSSR count). The van der Waals surface area contributed by atoms with Crippen LogP contribution in [0.15, 0.2) is 36.5 Å². The van der Waals surface area contributed by atoms with E-state index >= 15 is 0 Å². The normalized spacial score (nSPS) is 18.3. The lowest BCUT2D eigenvalue weighted by Crippen LogP contribution is -2.60. The molecule has 7 atom stereocenters. The second-order valence-corrected chi connectivity index (χ2v) is 26.1. The second-order valence-electron chi connectivity index (χ2n) is 26.1. The quantitative estimate of drug-likeness (QED) is 0.0261. The van der Waals surface area contributed by atoms with E-state index in [1.54, 1.807) is 6.08 Å². The minimum Gasteiger partial charge on any atom is -0.394 e. The van der Waals surface area contributed by atoms with Crippen molar-refractivity contribution in [2.75, 3.05) is 13.2 Å². The molecular weight excluding hydrogens is 1040 g/mol. The maximum atomic E-state index is 13.1. The highest BCUT2D eigenvalue weighted by Crippen LogP contribution is 2.24. The third kappa shape index (κ3) is 52.4. The van der Waals surface area contributed by atoms with E-state index in [2.05, 4.69) is 43.5 Å². The van der Waals surface area contributed by atoms with Gasteiger partial charge in [-0.2, -0.15) is 0 Å². The Morgan fingerprint density at radius 3 is 1.00 bits per heavy atom. The standard InChI is InChI=1S/C75H143NO8/c1-3-5-7-9-11-13-15-17-19-21-23-25-27-29-31-33-34-35-37-38-40-42-44-46-48-50-52-54-56-58-60-62-64-69(78)68(67-83-75-74(82)73(81)72(80)70(66-77)84-75)76-71(79)65-63-61-59-57-55-53-51-49-47-45-43-41-39-36-32-30-28-26-24-22-20-18-16-14-12-10-8-6-4-2/h22,24,54,56,62,64,68-70,72-75,77-78,80-82H,3-21,23,25-53,55,57-61,63,65-67H2,1-2H3,(H,76,79)/b24-22-,56-54+,64-62+. The highest BCUT2D eigenvalue weighted by molar-refractivity contribution is 5.76. The molecule has 0 spiro atoms. The largest absolute Gasteiger partial charge is 0.394 e. The Hall–Kier alpha value is -1.59. The Kier molecular flexibility index (Phi) is 61.7. The fourth-order valence-electron chi connectivity index (χ4n) is 12.1. The van der Waals surface area contributed by atoms with Gasteiger partial charge < -0.3 is 40.3 Å². The summed E-state index contributed by atoms with van der Waals surface area (Å²) in [6.45, 7) is 3.82. The topological polar surface area (TPSA) is 149 Å². The number of carbonyl (C=O) groups excluding carboxylic acids is 1. The zero-order valence-electron chi connectivity index (χ0n) is 55.7. The molecule has 0 saturated carbocycles. The second kappa shape index (κ2) is 64.4. The zero-order valence-corrected chi connectivity index (χ0v) is 55.7. The van der Waals surface area contributed by atoms with Crippen LogP contribution in [-0.4, -0.2) is 87.5 Å². The third-order valence-electron chi connectivity index (χ3n) is 17.9. The fraction of sp³-hybridized carbons (Fsp3) is 0.907. The molecule has 6 N–H and O–H groups in total. The Balaban J connectivity index is 2.12. The summed E-state index contributed by atoms with van der Waals surface area (Å²) in [5.74, 6) is -0.179. The fourth-order valence-corrected chi connectivity index (χ4v) is 12.1. The van der Waals surface area contributed by atoms with Crippen LogP contribution >= 0.6 is 0 Å². The lowest BCUT2D eigenvalue weighted by Gasteiger charge is -2.40. The molecule has 1 amide bonds. The number of carbonyl (C=O) groups is 1. The molecule has 0 aliphatic carbocycles. The van der Waals surface area contributed by atoms with Crippen molar-refractivity contribution in [3.8, 4) is 0 Å². The van der Waals surface area contributed by atoms with Gasteiger partial charge >= 0.3 is 0 Å². The van der Waals surface area contributed by atoms with Crippen molar-refractivity contribution in [3.05, 3.63) is 36.5 Å². The van der Waals surface area contributed by atoms with Crippen LogP contribution in [0.3, 0.4) is 0 Å². The van der Waals surface area contributed by atoms with Crippen LogP contribution in [-0.2, 0) is 14.3 Å². The summed E-state index contributed by atoms with van der Waals surface area (Å²) in [6, 6.07) is -0.822. The van der Waals surface area contributed by atoms with Crippen molar-refractivity contribution < 1.29 is 39.8 Å². The van der Waals surface area contributed by atoms with Crippen molar-refractivity contribution in [2.45, 2.75) is 423 Å². The predicted octanol–water partition coefficient (Wildman–Crippen LogP) is 20.6. The summed E-state index contributed by atoms with van der Waals surface area (Å²) in [5, 5.41) is 54.8. The molecule has 0 aromatic carbocycles. The van der Waals surface area contributed by atoms with Gasteiger partial charge in [0, 0.05) is 6.42 Å². The highest BCUT2D eigenvalue weighted by atomic mass is 16.7. The number of allylic oxidation sites excluding steroid dienone is 5. The molecule has 1 fully saturated rings. The van der Waals surface area contributed by atoms with Gasteiger partial charge in [-0.25, -0.2) is 0 Å². The van der Waals surface area contributed by atoms with Gasteiger partial charge in [-0.15, -0.1) is 0 Å². The summed E-state index contributed by atoms with van der Waals surface area (Å²) < 4.78 is 11.3. The van der Waals surface area contributed by atoms with Crippen molar-refractivity contribution >= 4 is 5.91 Å². The summed E-state index contributed by atoms with van der Waals surface area (Å²) in [6.07, 6.45) is 79.9. The van der Waals surface area contributed by atoms with Crippen molar-refractivity contribution in [2.24, 2.45) is 0 Å². The number of aliphatic hydroxyl groups is 5. The maximum Gasteiger partial charge on any atom is 0.220 e. The Morgan fingerprint density at radius 1 is 0.393 bits per heavy atom. The molecule has 0 radical (unpaired) electrons. The van der Waals surface area contributed by atoms with Gasteiger partial charge in [-0.1, -0.05) is 352 Å². The molecular formula is C75H143NO8. The number of hydrogen-bond donors (Lipinski definition) is 6. The summed E-state index contributed by atoms with van der Waals surface area (Å²) in [4.78, 5) is 13.1. The number of unbranched alkanes of at least 4 members (excludes halogenated alkanes) is 52. The summed E-state index contributed by atoms with van der Waals surface area (Å²) in [5.41, 5.74) is 0. The average molecular weight is 1190 g/mol. The first-order chi connectivity index (χ1) is 41.3. The van der Waals surface area contributed by atoms with Crippen molar-refractivity contribution in [1.29, 1.82) is 0 Å². The Labute approximate surface area is 521 Å². The van der Waals surface area contributed by atoms with Crippen LogP contribution in [0.1, 0.15) is 380 Å². The number of aliphatic hydroxyl groups excluding tert-OH is 5. The van der Waals surface area contributed by atoms with Crippen LogP contribution in [0, 0.1) is 0 Å². The lowest BCUT2D eigenvalue weighted by atomic mass is 9.99. The van der Waals surface area contributed by atoms with Crippen LogP contribution < -0.4 is 5.32 Å². The smallest absolute Gasteiger partial charge is 0.220 e. The number of hydrogen-bond acceptors (Lipinski definition) is 8. The van der Waals surface area contributed by atoms with E-state index in [0.717, 1.165) is 38.5 Å². The minimum absolute atomic E-state index is 0.179. The maximum absolute atomic E-state index is 13.1. The van der Waals surface area contributed by atoms with Crippen LogP contribution in [0.25, 0.3) is 0 Å². The monoisotopic (exact) mass is 1190 g/mol. The molecule has 496 valence electrons. The Morgan fingerprint density at radius 2 is 0.679 bits per heavy atom. The minimum atomic E-state index is -1.57. The first kappa shape index (κ1) is 80.4. The van der Waals surface area contributed by atoms with Gasteiger partial charge in [0.1, 0.15) is 24.4 Å². The zero-order chi connectivity index (χ0) is 60.7. The van der Waals surface area contributed by atoms with E-state index in [9.17, 15) is 30.3 Å². The molecule has 0 aromatic rings. The van der Waals surface area contributed by atoms with Gasteiger partial charge in [-0.05, 0) is 57.8 Å². The predicted molar refractivity (Wildman–Crippen MR) is 360 cm³/mol. The molecule has 1 aliphatic rings. The van der Waals surface area contributed by atoms with Crippen molar-refractivity contribution in [3.63, 3.8) is 0 Å². The number of amides is 1. The first-order valence-corrected chi connectivity index (χ1v) is 37.2.